The minimum atomic E-state index is -0.771. The minimum absolute atomic E-state index is 0.236. The number of rotatable bonds is 2. The van der Waals surface area contributed by atoms with E-state index in [1.165, 1.54) is 0 Å². The van der Waals surface area contributed by atoms with E-state index in [1.807, 2.05) is 0 Å². The average molecular weight is 257 g/mol. The summed E-state index contributed by atoms with van der Waals surface area (Å²) in [6.45, 7) is 0. The second-order valence-electron chi connectivity index (χ2n) is 4.05. The second kappa shape index (κ2) is 4.96. The first-order valence-electron chi connectivity index (χ1n) is 5.48. The highest BCUT2D eigenvalue weighted by Gasteiger charge is 2.19. The number of carbonyl (C=O) groups is 1. The van der Waals surface area contributed by atoms with Crippen LogP contribution in [0.2, 0.25) is 5.02 Å². The molecule has 0 radical (unpaired) electrons. The van der Waals surface area contributed by atoms with Gasteiger partial charge in [-0.25, -0.2) is 8.78 Å². The Balaban J connectivity index is 2.37. The van der Waals surface area contributed by atoms with Gasteiger partial charge >= 0.3 is 0 Å². The van der Waals surface area contributed by atoms with Crippen molar-refractivity contribution in [1.29, 1.82) is 0 Å². The van der Waals surface area contributed by atoms with E-state index >= 15 is 0 Å². The molecular weight excluding hydrogens is 246 g/mol. The van der Waals surface area contributed by atoms with Crippen LogP contribution in [0, 0.1) is 11.6 Å². The van der Waals surface area contributed by atoms with Crippen LogP contribution in [-0.2, 0) is 0 Å². The van der Waals surface area contributed by atoms with Crippen LogP contribution < -0.4 is 0 Å². The molecule has 0 heterocycles. The maximum atomic E-state index is 13.5. The predicted molar refractivity (Wildman–Crippen MR) is 62.2 cm³/mol. The third-order valence-corrected chi connectivity index (χ3v) is 3.13. The molecule has 0 unspecified atom stereocenters. The van der Waals surface area contributed by atoms with Gasteiger partial charge in [-0.15, -0.1) is 0 Å². The summed E-state index contributed by atoms with van der Waals surface area (Å²) in [5.41, 5.74) is 0.330. The summed E-state index contributed by atoms with van der Waals surface area (Å²) in [4.78, 5) is 12.0. The highest BCUT2D eigenvalue weighted by molar-refractivity contribution is 6.30. The number of halogens is 3. The van der Waals surface area contributed by atoms with E-state index in [0.29, 0.717) is 12.0 Å². The van der Waals surface area contributed by atoms with E-state index < -0.39 is 17.4 Å². The Bertz CT molecular complexity index is 494. The lowest BCUT2D eigenvalue weighted by molar-refractivity contribution is 0.102. The van der Waals surface area contributed by atoms with Crippen molar-refractivity contribution in [2.24, 2.45) is 0 Å². The number of ketones is 1. The van der Waals surface area contributed by atoms with Crippen LogP contribution >= 0.6 is 11.6 Å². The van der Waals surface area contributed by atoms with E-state index in [1.54, 1.807) is 6.08 Å². The molecule has 0 aromatic heterocycles. The zero-order valence-electron chi connectivity index (χ0n) is 9.10. The summed E-state index contributed by atoms with van der Waals surface area (Å²) in [7, 11) is 0. The molecule has 0 aliphatic heterocycles. The van der Waals surface area contributed by atoms with Crippen molar-refractivity contribution in [2.75, 3.05) is 0 Å². The number of hydrogen-bond donors (Lipinski definition) is 0. The second-order valence-corrected chi connectivity index (χ2v) is 4.46. The van der Waals surface area contributed by atoms with Gasteiger partial charge in [-0.05, 0) is 43.4 Å². The summed E-state index contributed by atoms with van der Waals surface area (Å²) >= 11 is 5.44. The predicted octanol–water partition coefficient (Wildman–Crippen LogP) is 4.30. The first-order chi connectivity index (χ1) is 8.09. The molecule has 0 spiro atoms. The number of allylic oxidation sites excluding steroid dienone is 2. The van der Waals surface area contributed by atoms with Gasteiger partial charge in [-0.2, -0.15) is 0 Å². The largest absolute Gasteiger partial charge is 0.289 e. The molecular formula is C13H11ClF2O. The fraction of sp³-hybridized carbons (Fsp3) is 0.308. The summed E-state index contributed by atoms with van der Waals surface area (Å²) in [6, 6.07) is 1.71. The van der Waals surface area contributed by atoms with Gasteiger partial charge in [0.2, 0.25) is 0 Å². The molecule has 1 aliphatic carbocycles. The molecule has 0 N–H and O–H groups in total. The molecule has 1 aromatic carbocycles. The summed E-state index contributed by atoms with van der Waals surface area (Å²) in [5, 5.41) is -0.309. The molecule has 1 aromatic rings. The van der Waals surface area contributed by atoms with Crippen molar-refractivity contribution in [3.8, 4) is 0 Å². The Morgan fingerprint density at radius 3 is 2.59 bits per heavy atom. The molecule has 2 rings (SSSR count). The van der Waals surface area contributed by atoms with E-state index in [2.05, 4.69) is 0 Å². The van der Waals surface area contributed by atoms with Crippen molar-refractivity contribution in [2.45, 2.75) is 25.7 Å². The van der Waals surface area contributed by atoms with Crippen LogP contribution in [0.25, 0.3) is 0 Å². The van der Waals surface area contributed by atoms with Gasteiger partial charge in [0.05, 0.1) is 10.6 Å². The Labute approximate surface area is 103 Å². The van der Waals surface area contributed by atoms with E-state index in [-0.39, 0.29) is 10.6 Å². The normalized spacial score (nSPS) is 15.6. The molecule has 0 amide bonds. The Morgan fingerprint density at radius 2 is 1.94 bits per heavy atom. The van der Waals surface area contributed by atoms with Crippen molar-refractivity contribution in [3.05, 3.63) is 46.0 Å². The van der Waals surface area contributed by atoms with Gasteiger partial charge < -0.3 is 0 Å². The number of carbonyl (C=O) groups excluding carboxylic acids is 1. The van der Waals surface area contributed by atoms with Gasteiger partial charge in [0, 0.05) is 0 Å². The lowest BCUT2D eigenvalue weighted by Gasteiger charge is -2.12. The number of hydrogen-bond acceptors (Lipinski definition) is 1. The van der Waals surface area contributed by atoms with Crippen LogP contribution in [0.1, 0.15) is 36.0 Å². The topological polar surface area (TPSA) is 17.1 Å². The fourth-order valence-electron chi connectivity index (χ4n) is 1.91. The van der Waals surface area contributed by atoms with Crippen LogP contribution in [0.15, 0.2) is 23.8 Å². The molecule has 90 valence electrons. The van der Waals surface area contributed by atoms with Crippen molar-refractivity contribution in [1.82, 2.24) is 0 Å². The maximum Gasteiger partial charge on any atom is 0.191 e. The van der Waals surface area contributed by atoms with Gasteiger partial charge in [0.25, 0.3) is 0 Å². The number of Topliss-reactive ketones (excluding diaryl/α,β-unsaturated/α-hetero) is 1. The average Bonchev–Trinajstić information content (AvgIpc) is 2.34. The third kappa shape index (κ3) is 2.55. The molecule has 17 heavy (non-hydrogen) atoms. The third-order valence-electron chi connectivity index (χ3n) is 2.84. The molecule has 0 fully saturated rings. The van der Waals surface area contributed by atoms with E-state index in [4.69, 9.17) is 11.6 Å². The minimum Gasteiger partial charge on any atom is -0.289 e. The molecule has 0 atom stereocenters. The van der Waals surface area contributed by atoms with Crippen LogP contribution in [0.5, 0.6) is 0 Å². The van der Waals surface area contributed by atoms with Gasteiger partial charge in [-0.1, -0.05) is 17.7 Å². The van der Waals surface area contributed by atoms with Crippen molar-refractivity contribution >= 4 is 17.4 Å². The molecule has 0 saturated carbocycles. The van der Waals surface area contributed by atoms with E-state index in [0.717, 1.165) is 31.4 Å². The van der Waals surface area contributed by atoms with Crippen molar-refractivity contribution in [3.63, 3.8) is 0 Å². The summed E-state index contributed by atoms with van der Waals surface area (Å²) in [5.74, 6) is -1.97. The first-order valence-corrected chi connectivity index (χ1v) is 5.85. The molecule has 1 aliphatic rings. The summed E-state index contributed by atoms with van der Waals surface area (Å²) < 4.78 is 26.8. The van der Waals surface area contributed by atoms with Crippen LogP contribution in [0.3, 0.4) is 0 Å². The molecule has 0 saturated heterocycles. The summed E-state index contributed by atoms with van der Waals surface area (Å²) in [6.07, 6.45) is 5.20. The lowest BCUT2D eigenvalue weighted by atomic mass is 9.93. The van der Waals surface area contributed by atoms with Gasteiger partial charge in [0.1, 0.15) is 11.6 Å². The molecule has 0 bridgehead atoms. The maximum absolute atomic E-state index is 13.5. The standard InChI is InChI=1S/C13H11ClF2O/c14-10-7-11(15)9(6-12(10)16)13(17)8-4-2-1-3-5-8/h4,6-7H,1-3,5H2. The van der Waals surface area contributed by atoms with E-state index in [9.17, 15) is 13.6 Å². The van der Waals surface area contributed by atoms with Crippen LogP contribution in [-0.4, -0.2) is 5.78 Å². The number of benzene rings is 1. The highest BCUT2D eigenvalue weighted by Crippen LogP contribution is 2.25. The van der Waals surface area contributed by atoms with Gasteiger partial charge in [-0.3, -0.25) is 4.79 Å². The SMILES string of the molecule is O=C(C1=CCCCC1)c1cc(F)c(Cl)cc1F. The zero-order chi connectivity index (χ0) is 12.4. The Hall–Kier alpha value is -1.22. The molecule has 4 heteroatoms. The molecule has 1 nitrogen and oxygen atoms in total. The Kier molecular flexibility index (Phi) is 3.57. The zero-order valence-corrected chi connectivity index (χ0v) is 9.86. The smallest absolute Gasteiger partial charge is 0.191 e. The Morgan fingerprint density at radius 1 is 1.18 bits per heavy atom. The quantitative estimate of drug-likeness (QED) is 0.569. The monoisotopic (exact) mass is 256 g/mol. The fourth-order valence-corrected chi connectivity index (χ4v) is 2.06. The van der Waals surface area contributed by atoms with Crippen molar-refractivity contribution < 1.29 is 13.6 Å². The van der Waals surface area contributed by atoms with Crippen LogP contribution in [0.4, 0.5) is 8.78 Å². The first kappa shape index (κ1) is 12.2. The highest BCUT2D eigenvalue weighted by atomic mass is 35.5. The van der Waals surface area contributed by atoms with Gasteiger partial charge in [0.15, 0.2) is 5.78 Å². The lowest BCUT2D eigenvalue weighted by Crippen LogP contribution is -2.09.